The van der Waals surface area contributed by atoms with E-state index in [1.165, 1.54) is 37.7 Å². The van der Waals surface area contributed by atoms with E-state index in [2.05, 4.69) is 39.0 Å². The molecule has 1 aromatic heterocycles. The zero-order chi connectivity index (χ0) is 20.1. The van der Waals surface area contributed by atoms with Gasteiger partial charge in [-0.05, 0) is 54.8 Å². The summed E-state index contributed by atoms with van der Waals surface area (Å²) in [5.41, 5.74) is 2.33. The molecule has 0 spiro atoms. The molecule has 3 aromatic rings. The van der Waals surface area contributed by atoms with Crippen molar-refractivity contribution in [3.63, 3.8) is 0 Å². The molecule has 0 amide bonds. The van der Waals surface area contributed by atoms with E-state index in [1.807, 2.05) is 24.3 Å². The Morgan fingerprint density at radius 3 is 2.10 bits per heavy atom. The molecule has 1 saturated carbocycles. The molecule has 1 aliphatic rings. The lowest BCUT2D eigenvalue weighted by Crippen LogP contribution is -2.15. The summed E-state index contributed by atoms with van der Waals surface area (Å²) < 4.78 is 12.9. The first-order valence-electron chi connectivity index (χ1n) is 10.1. The predicted molar refractivity (Wildman–Crippen MR) is 117 cm³/mol. The second kappa shape index (κ2) is 9.35. The summed E-state index contributed by atoms with van der Waals surface area (Å²) in [7, 11) is 3.38. The van der Waals surface area contributed by atoms with Gasteiger partial charge in [-0.15, -0.1) is 10.2 Å². The minimum atomic E-state index is 0.467. The van der Waals surface area contributed by atoms with Crippen LogP contribution in [0.25, 0.3) is 11.4 Å². The van der Waals surface area contributed by atoms with Gasteiger partial charge in [-0.3, -0.25) is 4.57 Å². The van der Waals surface area contributed by atoms with Crippen LogP contribution in [-0.4, -0.2) is 29.0 Å². The fourth-order valence-corrected chi connectivity index (χ4v) is 4.81. The van der Waals surface area contributed by atoms with E-state index < -0.39 is 0 Å². The fourth-order valence-electron chi connectivity index (χ4n) is 3.85. The van der Waals surface area contributed by atoms with Crippen LogP contribution in [0.4, 0.5) is 0 Å². The lowest BCUT2D eigenvalue weighted by molar-refractivity contribution is 0.339. The first-order chi connectivity index (χ1) is 14.3. The van der Waals surface area contributed by atoms with Crippen molar-refractivity contribution in [1.82, 2.24) is 14.8 Å². The van der Waals surface area contributed by atoms with Gasteiger partial charge in [0.1, 0.15) is 11.5 Å². The number of ether oxygens (including phenoxy) is 2. The third-order valence-corrected chi connectivity index (χ3v) is 6.49. The Balaban J connectivity index is 1.60. The average molecular weight is 410 g/mol. The van der Waals surface area contributed by atoms with Crippen LogP contribution in [0.3, 0.4) is 0 Å². The monoisotopic (exact) mass is 409 g/mol. The molecule has 0 unspecified atom stereocenters. The maximum Gasteiger partial charge on any atom is 0.192 e. The fraction of sp³-hybridized carbons (Fsp3) is 0.391. The quantitative estimate of drug-likeness (QED) is 0.464. The zero-order valence-electron chi connectivity index (χ0n) is 17.0. The van der Waals surface area contributed by atoms with Crippen LogP contribution in [0, 0.1) is 0 Å². The van der Waals surface area contributed by atoms with Gasteiger partial charge in [-0.25, -0.2) is 0 Å². The van der Waals surface area contributed by atoms with Crippen LogP contribution in [-0.2, 0) is 5.75 Å². The lowest BCUT2D eigenvalue weighted by Gasteiger charge is -2.25. The SMILES string of the molecule is COc1ccc(CSc2nnc(-c3ccc(OC)cc3)n2C2CCCCC2)cc1. The van der Waals surface area contributed by atoms with Crippen molar-refractivity contribution in [2.45, 2.75) is 49.1 Å². The van der Waals surface area contributed by atoms with Crippen LogP contribution in [0.15, 0.2) is 53.7 Å². The highest BCUT2D eigenvalue weighted by Gasteiger charge is 2.24. The molecular formula is C23H27N3O2S. The van der Waals surface area contributed by atoms with Crippen molar-refractivity contribution in [1.29, 1.82) is 0 Å². The maximum atomic E-state index is 5.30. The van der Waals surface area contributed by atoms with Gasteiger partial charge < -0.3 is 9.47 Å². The molecule has 1 fully saturated rings. The molecule has 4 rings (SSSR count). The van der Waals surface area contributed by atoms with Gasteiger partial charge in [-0.1, -0.05) is 43.2 Å². The van der Waals surface area contributed by atoms with Crippen molar-refractivity contribution in [2.24, 2.45) is 0 Å². The molecule has 0 N–H and O–H groups in total. The highest BCUT2D eigenvalue weighted by atomic mass is 32.2. The van der Waals surface area contributed by atoms with E-state index in [9.17, 15) is 0 Å². The molecular weight excluding hydrogens is 382 g/mol. The second-order valence-electron chi connectivity index (χ2n) is 7.33. The van der Waals surface area contributed by atoms with E-state index in [1.54, 1.807) is 26.0 Å². The van der Waals surface area contributed by atoms with Crippen LogP contribution < -0.4 is 9.47 Å². The summed E-state index contributed by atoms with van der Waals surface area (Å²) in [5, 5.41) is 10.2. The molecule has 2 aromatic carbocycles. The molecule has 6 heteroatoms. The molecule has 0 atom stereocenters. The third kappa shape index (κ3) is 4.58. The maximum absolute atomic E-state index is 5.30. The van der Waals surface area contributed by atoms with Crippen LogP contribution in [0.2, 0.25) is 0 Å². The molecule has 152 valence electrons. The number of nitrogens with zero attached hydrogens (tertiary/aromatic N) is 3. The number of benzene rings is 2. The number of methoxy groups -OCH3 is 2. The largest absolute Gasteiger partial charge is 0.497 e. The zero-order valence-corrected chi connectivity index (χ0v) is 17.8. The van der Waals surface area contributed by atoms with Crippen LogP contribution >= 0.6 is 11.8 Å². The summed E-state index contributed by atoms with van der Waals surface area (Å²) in [6.07, 6.45) is 6.25. The van der Waals surface area contributed by atoms with Gasteiger partial charge in [0.15, 0.2) is 11.0 Å². The predicted octanol–water partition coefficient (Wildman–Crippen LogP) is 5.76. The van der Waals surface area contributed by atoms with Gasteiger partial charge in [0.25, 0.3) is 0 Å². The minimum Gasteiger partial charge on any atom is -0.497 e. The van der Waals surface area contributed by atoms with E-state index in [-0.39, 0.29) is 0 Å². The summed E-state index contributed by atoms with van der Waals surface area (Å²) in [5.74, 6) is 3.55. The molecule has 1 heterocycles. The van der Waals surface area contributed by atoms with E-state index in [4.69, 9.17) is 9.47 Å². The van der Waals surface area contributed by atoms with Gasteiger partial charge in [0.05, 0.1) is 14.2 Å². The third-order valence-electron chi connectivity index (χ3n) is 5.48. The van der Waals surface area contributed by atoms with Crippen molar-refractivity contribution >= 4 is 11.8 Å². The molecule has 29 heavy (non-hydrogen) atoms. The number of thioether (sulfide) groups is 1. The summed E-state index contributed by atoms with van der Waals surface area (Å²) in [4.78, 5) is 0. The summed E-state index contributed by atoms with van der Waals surface area (Å²) >= 11 is 1.75. The Kier molecular flexibility index (Phi) is 6.39. The Labute approximate surface area is 176 Å². The second-order valence-corrected chi connectivity index (χ2v) is 8.28. The molecule has 0 bridgehead atoms. The number of aromatic nitrogens is 3. The first-order valence-corrected chi connectivity index (χ1v) is 11.1. The molecule has 1 aliphatic carbocycles. The highest BCUT2D eigenvalue weighted by Crippen LogP contribution is 2.36. The molecule has 5 nitrogen and oxygen atoms in total. The topological polar surface area (TPSA) is 49.2 Å². The standard InChI is InChI=1S/C23H27N3O2S/c1-27-20-12-8-17(9-13-20)16-29-23-25-24-22(18-10-14-21(28-2)15-11-18)26(23)19-6-4-3-5-7-19/h8-15,19H,3-7,16H2,1-2H3. The highest BCUT2D eigenvalue weighted by molar-refractivity contribution is 7.98. The van der Waals surface area contributed by atoms with Crippen LogP contribution in [0.1, 0.15) is 43.7 Å². The Bertz CT molecular complexity index is 916. The minimum absolute atomic E-state index is 0.467. The number of hydrogen-bond acceptors (Lipinski definition) is 5. The van der Waals surface area contributed by atoms with Gasteiger partial charge in [0, 0.05) is 17.4 Å². The first kappa shape index (κ1) is 19.8. The summed E-state index contributed by atoms with van der Waals surface area (Å²) in [6.45, 7) is 0. The van der Waals surface area contributed by atoms with Crippen molar-refractivity contribution < 1.29 is 9.47 Å². The van der Waals surface area contributed by atoms with E-state index in [0.29, 0.717) is 6.04 Å². The molecule has 0 saturated heterocycles. The summed E-state index contributed by atoms with van der Waals surface area (Å²) in [6, 6.07) is 16.8. The van der Waals surface area contributed by atoms with Crippen LogP contribution in [0.5, 0.6) is 11.5 Å². The smallest absolute Gasteiger partial charge is 0.192 e. The van der Waals surface area contributed by atoms with Gasteiger partial charge in [0.2, 0.25) is 0 Å². The lowest BCUT2D eigenvalue weighted by atomic mass is 9.95. The molecule has 0 radical (unpaired) electrons. The molecule has 0 aliphatic heterocycles. The van der Waals surface area contributed by atoms with E-state index in [0.717, 1.165) is 33.8 Å². The van der Waals surface area contributed by atoms with Gasteiger partial charge >= 0.3 is 0 Å². The van der Waals surface area contributed by atoms with Gasteiger partial charge in [-0.2, -0.15) is 0 Å². The van der Waals surface area contributed by atoms with Crippen molar-refractivity contribution in [3.8, 4) is 22.9 Å². The number of hydrogen-bond donors (Lipinski definition) is 0. The van der Waals surface area contributed by atoms with Crippen molar-refractivity contribution in [3.05, 3.63) is 54.1 Å². The normalized spacial score (nSPS) is 14.7. The Hall–Kier alpha value is -2.47. The number of rotatable bonds is 7. The Morgan fingerprint density at radius 1 is 0.862 bits per heavy atom. The van der Waals surface area contributed by atoms with Crippen molar-refractivity contribution in [2.75, 3.05) is 14.2 Å². The van der Waals surface area contributed by atoms with E-state index >= 15 is 0 Å². The average Bonchev–Trinajstić information content (AvgIpc) is 3.22. The Morgan fingerprint density at radius 2 is 1.48 bits per heavy atom.